The Bertz CT molecular complexity index is 349. The molecule has 1 N–H and O–H groups in total. The van der Waals surface area contributed by atoms with E-state index < -0.39 is 5.82 Å². The van der Waals surface area contributed by atoms with Gasteiger partial charge in [0, 0.05) is 11.8 Å². The number of nitrogens with one attached hydrogen (secondary N) is 1. The number of rotatable bonds is 2. The first-order valence-electron chi connectivity index (χ1n) is 4.76. The molecule has 1 aliphatic rings. The van der Waals surface area contributed by atoms with E-state index in [0.29, 0.717) is 0 Å². The van der Waals surface area contributed by atoms with Crippen LogP contribution in [0.3, 0.4) is 0 Å². The van der Waals surface area contributed by atoms with E-state index >= 15 is 0 Å². The van der Waals surface area contributed by atoms with Crippen molar-refractivity contribution in [2.24, 2.45) is 0 Å². The van der Waals surface area contributed by atoms with Crippen molar-refractivity contribution in [2.75, 3.05) is 11.5 Å². The van der Waals surface area contributed by atoms with Gasteiger partial charge in [0.2, 0.25) is 0 Å². The van der Waals surface area contributed by atoms with Crippen LogP contribution in [0.15, 0.2) is 18.3 Å². The van der Waals surface area contributed by atoms with Gasteiger partial charge in [-0.3, -0.25) is 4.79 Å². The lowest BCUT2D eigenvalue weighted by atomic mass is 10.2. The van der Waals surface area contributed by atoms with Crippen LogP contribution in [0.2, 0.25) is 0 Å². The molecule has 5 heteroatoms. The number of hydrogen-bond donors (Lipinski definition) is 1. The van der Waals surface area contributed by atoms with Gasteiger partial charge in [0.25, 0.3) is 5.91 Å². The van der Waals surface area contributed by atoms with Crippen LogP contribution in [0.5, 0.6) is 0 Å². The second-order valence-corrected chi connectivity index (χ2v) is 4.55. The van der Waals surface area contributed by atoms with Crippen LogP contribution in [0.1, 0.15) is 16.9 Å². The van der Waals surface area contributed by atoms with Crippen molar-refractivity contribution >= 4 is 17.7 Å². The molecule has 1 fully saturated rings. The highest BCUT2D eigenvalue weighted by Crippen LogP contribution is 2.17. The Labute approximate surface area is 91.5 Å². The van der Waals surface area contributed by atoms with Crippen molar-refractivity contribution in [3.63, 3.8) is 0 Å². The second kappa shape index (κ2) is 4.61. The molecule has 0 radical (unpaired) electrons. The summed E-state index contributed by atoms with van der Waals surface area (Å²) in [7, 11) is 0. The lowest BCUT2D eigenvalue weighted by Gasteiger charge is -2.10. The fraction of sp³-hybridized carbons (Fsp3) is 0.400. The highest BCUT2D eigenvalue weighted by atomic mass is 32.2. The topological polar surface area (TPSA) is 42.0 Å². The van der Waals surface area contributed by atoms with Gasteiger partial charge in [0.05, 0.1) is 6.20 Å². The first kappa shape index (κ1) is 10.4. The molecular weight excluding hydrogens is 215 g/mol. The first-order valence-corrected chi connectivity index (χ1v) is 5.91. The molecule has 1 saturated heterocycles. The van der Waals surface area contributed by atoms with E-state index in [-0.39, 0.29) is 17.6 Å². The third-order valence-corrected chi connectivity index (χ3v) is 3.39. The third-order valence-electron chi connectivity index (χ3n) is 2.22. The van der Waals surface area contributed by atoms with Crippen LogP contribution in [0.4, 0.5) is 4.39 Å². The fourth-order valence-corrected chi connectivity index (χ4v) is 2.57. The zero-order valence-electron chi connectivity index (χ0n) is 8.07. The lowest BCUT2D eigenvalue weighted by molar-refractivity contribution is 0.0936. The lowest BCUT2D eigenvalue weighted by Crippen LogP contribution is -2.35. The largest absolute Gasteiger partial charge is 0.347 e. The standard InChI is InChI=1S/C10H11FN2OS/c11-7-1-2-9(12-5-7)10(14)13-8-3-4-15-6-8/h1-2,5,8H,3-4,6H2,(H,13,14)/t8-/m1/s1. The summed E-state index contributed by atoms with van der Waals surface area (Å²) in [6.07, 6.45) is 2.05. The van der Waals surface area contributed by atoms with E-state index in [9.17, 15) is 9.18 Å². The van der Waals surface area contributed by atoms with Crippen molar-refractivity contribution in [2.45, 2.75) is 12.5 Å². The summed E-state index contributed by atoms with van der Waals surface area (Å²) in [6, 6.07) is 2.87. The van der Waals surface area contributed by atoms with Crippen molar-refractivity contribution in [3.8, 4) is 0 Å². The predicted octanol–water partition coefficient (Wildman–Crippen LogP) is 1.46. The van der Waals surface area contributed by atoms with E-state index in [1.54, 1.807) is 0 Å². The Morgan fingerprint density at radius 2 is 2.47 bits per heavy atom. The highest BCUT2D eigenvalue weighted by molar-refractivity contribution is 7.99. The molecule has 15 heavy (non-hydrogen) atoms. The number of nitrogens with zero attached hydrogens (tertiary/aromatic N) is 1. The van der Waals surface area contributed by atoms with Crippen LogP contribution < -0.4 is 5.32 Å². The monoisotopic (exact) mass is 226 g/mol. The van der Waals surface area contributed by atoms with E-state index in [0.717, 1.165) is 24.1 Å². The van der Waals surface area contributed by atoms with Gasteiger partial charge in [-0.1, -0.05) is 0 Å². The van der Waals surface area contributed by atoms with Crippen LogP contribution >= 0.6 is 11.8 Å². The SMILES string of the molecule is O=C(N[C@@H]1CCSC1)c1ccc(F)cn1. The number of carbonyl (C=O) groups excluding carboxylic acids is 1. The first-order chi connectivity index (χ1) is 7.25. The zero-order valence-corrected chi connectivity index (χ0v) is 8.89. The Kier molecular flexibility index (Phi) is 3.20. The fourth-order valence-electron chi connectivity index (χ4n) is 1.42. The van der Waals surface area contributed by atoms with Crippen molar-refractivity contribution in [1.82, 2.24) is 10.3 Å². The summed E-state index contributed by atoms with van der Waals surface area (Å²) >= 11 is 1.83. The maximum Gasteiger partial charge on any atom is 0.270 e. The summed E-state index contributed by atoms with van der Waals surface area (Å²) < 4.78 is 12.6. The predicted molar refractivity (Wildman–Crippen MR) is 57.4 cm³/mol. The van der Waals surface area contributed by atoms with E-state index in [2.05, 4.69) is 10.3 Å². The van der Waals surface area contributed by atoms with Gasteiger partial charge in [-0.05, 0) is 24.3 Å². The van der Waals surface area contributed by atoms with Gasteiger partial charge in [-0.2, -0.15) is 11.8 Å². The maximum atomic E-state index is 12.6. The Morgan fingerprint density at radius 3 is 3.07 bits per heavy atom. The van der Waals surface area contributed by atoms with Crippen LogP contribution in [0.25, 0.3) is 0 Å². The smallest absolute Gasteiger partial charge is 0.270 e. The Balaban J connectivity index is 1.98. The molecule has 0 saturated carbocycles. The zero-order chi connectivity index (χ0) is 10.7. The van der Waals surface area contributed by atoms with E-state index in [1.807, 2.05) is 11.8 Å². The molecule has 1 aromatic heterocycles. The third kappa shape index (κ3) is 2.68. The average Bonchev–Trinajstić information content (AvgIpc) is 2.71. The summed E-state index contributed by atoms with van der Waals surface area (Å²) in [4.78, 5) is 15.3. The molecule has 3 nitrogen and oxygen atoms in total. The van der Waals surface area contributed by atoms with Gasteiger partial charge in [0.15, 0.2) is 0 Å². The number of aromatic nitrogens is 1. The quantitative estimate of drug-likeness (QED) is 0.830. The Morgan fingerprint density at radius 1 is 1.60 bits per heavy atom. The van der Waals surface area contributed by atoms with E-state index in [4.69, 9.17) is 0 Å². The molecule has 2 heterocycles. The van der Waals surface area contributed by atoms with Gasteiger partial charge in [-0.25, -0.2) is 9.37 Å². The summed E-state index contributed by atoms with van der Waals surface area (Å²) in [5.74, 6) is 1.39. The van der Waals surface area contributed by atoms with Gasteiger partial charge in [-0.15, -0.1) is 0 Å². The average molecular weight is 226 g/mol. The van der Waals surface area contributed by atoms with E-state index in [1.165, 1.54) is 12.1 Å². The summed E-state index contributed by atoms with van der Waals surface area (Å²) in [5.41, 5.74) is 0.272. The molecular formula is C10H11FN2OS. The number of carbonyl (C=O) groups is 1. The number of amides is 1. The van der Waals surface area contributed by atoms with Crippen molar-refractivity contribution in [3.05, 3.63) is 29.8 Å². The van der Waals surface area contributed by atoms with Crippen molar-refractivity contribution in [1.29, 1.82) is 0 Å². The number of halogens is 1. The molecule has 80 valence electrons. The minimum atomic E-state index is -0.428. The maximum absolute atomic E-state index is 12.6. The molecule has 1 aromatic rings. The summed E-state index contributed by atoms with van der Waals surface area (Å²) in [5, 5.41) is 2.87. The number of thioether (sulfide) groups is 1. The molecule has 0 aromatic carbocycles. The molecule has 0 bridgehead atoms. The molecule has 0 unspecified atom stereocenters. The molecule has 1 amide bonds. The summed E-state index contributed by atoms with van der Waals surface area (Å²) in [6.45, 7) is 0. The number of pyridine rings is 1. The Hall–Kier alpha value is -1.10. The van der Waals surface area contributed by atoms with Crippen LogP contribution in [-0.4, -0.2) is 28.4 Å². The molecule has 0 aliphatic carbocycles. The van der Waals surface area contributed by atoms with Crippen molar-refractivity contribution < 1.29 is 9.18 Å². The van der Waals surface area contributed by atoms with Gasteiger partial charge >= 0.3 is 0 Å². The second-order valence-electron chi connectivity index (χ2n) is 3.40. The molecule has 1 atom stereocenters. The molecule has 1 aliphatic heterocycles. The molecule has 2 rings (SSSR count). The van der Waals surface area contributed by atoms with Crippen LogP contribution in [-0.2, 0) is 0 Å². The van der Waals surface area contributed by atoms with Crippen LogP contribution in [0, 0.1) is 5.82 Å². The van der Waals surface area contributed by atoms with Gasteiger partial charge in [0.1, 0.15) is 11.5 Å². The normalized spacial score (nSPS) is 20.2. The van der Waals surface area contributed by atoms with Gasteiger partial charge < -0.3 is 5.32 Å². The highest BCUT2D eigenvalue weighted by Gasteiger charge is 2.18. The molecule has 0 spiro atoms. The minimum absolute atomic E-state index is 0.220. The minimum Gasteiger partial charge on any atom is -0.347 e. The number of hydrogen-bond acceptors (Lipinski definition) is 3.